The molecule has 0 unspecified atom stereocenters. The Balaban J connectivity index is 1.97. The molecule has 0 aromatic heterocycles. The van der Waals surface area contributed by atoms with E-state index in [0.717, 1.165) is 16.6 Å². The zero-order chi connectivity index (χ0) is 13.7. The zero-order valence-electron chi connectivity index (χ0n) is 10.2. The third-order valence-electron chi connectivity index (χ3n) is 2.65. The Bertz CT molecular complexity index is 569. The summed E-state index contributed by atoms with van der Waals surface area (Å²) in [5.41, 5.74) is 2.55. The highest BCUT2D eigenvalue weighted by Crippen LogP contribution is 2.12. The molecule has 0 aliphatic rings. The van der Waals surface area contributed by atoms with Crippen LogP contribution in [0.5, 0.6) is 0 Å². The van der Waals surface area contributed by atoms with Crippen LogP contribution < -0.4 is 5.32 Å². The maximum absolute atomic E-state index is 13.0. The highest BCUT2D eigenvalue weighted by atomic mass is 79.9. The number of hydrogen-bond acceptors (Lipinski definition) is 1. The van der Waals surface area contributed by atoms with Crippen LogP contribution in [-0.2, 0) is 16.5 Å². The van der Waals surface area contributed by atoms with Crippen LogP contribution in [0, 0.1) is 5.82 Å². The lowest BCUT2D eigenvalue weighted by Gasteiger charge is -2.06. The van der Waals surface area contributed by atoms with E-state index in [1.54, 1.807) is 12.1 Å². The fourth-order valence-electron chi connectivity index (χ4n) is 1.71. The highest BCUT2D eigenvalue weighted by Gasteiger charge is 2.05. The molecule has 1 N–H and O–H groups in total. The van der Waals surface area contributed by atoms with Gasteiger partial charge in [-0.25, -0.2) is 4.39 Å². The lowest BCUT2D eigenvalue weighted by molar-refractivity contribution is -0.115. The quantitative estimate of drug-likeness (QED) is 0.850. The molecule has 98 valence electrons. The summed E-state index contributed by atoms with van der Waals surface area (Å²) in [6.45, 7) is 0. The molecule has 2 aromatic carbocycles. The monoisotopic (exact) mass is 321 g/mol. The van der Waals surface area contributed by atoms with Crippen molar-refractivity contribution in [2.24, 2.45) is 0 Å². The number of benzene rings is 2. The first-order chi connectivity index (χ1) is 9.17. The SMILES string of the molecule is O=C(Cc1cccc(F)c1)Nc1ccc(CBr)cc1. The number of anilines is 1. The second-order valence-corrected chi connectivity index (χ2v) is 4.75. The van der Waals surface area contributed by atoms with Gasteiger partial charge in [0.25, 0.3) is 0 Å². The van der Waals surface area contributed by atoms with Gasteiger partial charge in [-0.2, -0.15) is 0 Å². The Morgan fingerprint density at radius 2 is 1.84 bits per heavy atom. The van der Waals surface area contributed by atoms with Crippen LogP contribution in [0.15, 0.2) is 48.5 Å². The van der Waals surface area contributed by atoms with Crippen LogP contribution in [0.25, 0.3) is 0 Å². The van der Waals surface area contributed by atoms with E-state index in [1.165, 1.54) is 12.1 Å². The summed E-state index contributed by atoms with van der Waals surface area (Å²) >= 11 is 3.36. The molecule has 0 aliphatic heterocycles. The molecule has 4 heteroatoms. The van der Waals surface area contributed by atoms with E-state index in [4.69, 9.17) is 0 Å². The molecule has 0 fully saturated rings. The van der Waals surface area contributed by atoms with Gasteiger partial charge in [0.1, 0.15) is 5.82 Å². The Morgan fingerprint density at radius 1 is 1.11 bits per heavy atom. The number of alkyl halides is 1. The van der Waals surface area contributed by atoms with Gasteiger partial charge in [0, 0.05) is 11.0 Å². The van der Waals surface area contributed by atoms with E-state index < -0.39 is 0 Å². The molecule has 0 atom stereocenters. The van der Waals surface area contributed by atoms with Crippen molar-refractivity contribution in [2.45, 2.75) is 11.8 Å². The van der Waals surface area contributed by atoms with Gasteiger partial charge < -0.3 is 5.32 Å². The minimum atomic E-state index is -0.327. The molecule has 19 heavy (non-hydrogen) atoms. The van der Waals surface area contributed by atoms with Gasteiger partial charge in [0.05, 0.1) is 6.42 Å². The predicted octanol–water partition coefficient (Wildman–Crippen LogP) is 3.90. The van der Waals surface area contributed by atoms with Crippen LogP contribution in [0.1, 0.15) is 11.1 Å². The van der Waals surface area contributed by atoms with Gasteiger partial charge in [-0.1, -0.05) is 40.2 Å². The maximum atomic E-state index is 13.0. The summed E-state index contributed by atoms with van der Waals surface area (Å²) < 4.78 is 13.0. The number of amides is 1. The van der Waals surface area contributed by atoms with E-state index in [2.05, 4.69) is 21.2 Å². The van der Waals surface area contributed by atoms with Crippen LogP contribution in [0.2, 0.25) is 0 Å². The van der Waals surface area contributed by atoms with Crippen LogP contribution >= 0.6 is 15.9 Å². The normalized spacial score (nSPS) is 10.2. The van der Waals surface area contributed by atoms with E-state index in [9.17, 15) is 9.18 Å². The lowest BCUT2D eigenvalue weighted by Crippen LogP contribution is -2.14. The number of nitrogens with one attached hydrogen (secondary N) is 1. The maximum Gasteiger partial charge on any atom is 0.228 e. The van der Waals surface area contributed by atoms with Crippen LogP contribution in [0.3, 0.4) is 0 Å². The van der Waals surface area contributed by atoms with Gasteiger partial charge in [-0.05, 0) is 35.4 Å². The molecule has 0 bridgehead atoms. The molecule has 0 aliphatic carbocycles. The molecule has 0 saturated heterocycles. The van der Waals surface area contributed by atoms with Gasteiger partial charge >= 0.3 is 0 Å². The summed E-state index contributed by atoms with van der Waals surface area (Å²) in [6, 6.07) is 13.6. The zero-order valence-corrected chi connectivity index (χ0v) is 11.8. The molecule has 0 spiro atoms. The van der Waals surface area contributed by atoms with E-state index >= 15 is 0 Å². The highest BCUT2D eigenvalue weighted by molar-refractivity contribution is 9.08. The number of carbonyl (C=O) groups is 1. The van der Waals surface area contributed by atoms with Crippen molar-refractivity contribution >= 4 is 27.5 Å². The average molecular weight is 322 g/mol. The summed E-state index contributed by atoms with van der Waals surface area (Å²) in [4.78, 5) is 11.8. The minimum Gasteiger partial charge on any atom is -0.326 e. The molecule has 0 radical (unpaired) electrons. The number of hydrogen-bond donors (Lipinski definition) is 1. The topological polar surface area (TPSA) is 29.1 Å². The molecule has 0 heterocycles. The first kappa shape index (κ1) is 13.7. The van der Waals surface area contributed by atoms with Crippen molar-refractivity contribution in [2.75, 3.05) is 5.32 Å². The lowest BCUT2D eigenvalue weighted by atomic mass is 10.1. The number of halogens is 2. The van der Waals surface area contributed by atoms with Crippen LogP contribution in [-0.4, -0.2) is 5.91 Å². The van der Waals surface area contributed by atoms with Gasteiger partial charge in [0.15, 0.2) is 0 Å². The second kappa shape index (κ2) is 6.48. The Hall–Kier alpha value is -1.68. The smallest absolute Gasteiger partial charge is 0.228 e. The molecule has 2 rings (SSSR count). The van der Waals surface area contributed by atoms with Crippen molar-refractivity contribution in [1.29, 1.82) is 0 Å². The Kier molecular flexibility index (Phi) is 4.68. The first-order valence-corrected chi connectivity index (χ1v) is 6.99. The van der Waals surface area contributed by atoms with Crippen molar-refractivity contribution in [3.63, 3.8) is 0 Å². The average Bonchev–Trinajstić information content (AvgIpc) is 2.39. The van der Waals surface area contributed by atoms with E-state index in [1.807, 2.05) is 24.3 Å². The molecule has 2 nitrogen and oxygen atoms in total. The molecular weight excluding hydrogens is 309 g/mol. The number of carbonyl (C=O) groups excluding carboxylic acids is 1. The third kappa shape index (κ3) is 4.17. The summed E-state index contributed by atoms with van der Waals surface area (Å²) in [6.07, 6.45) is 0.165. The molecule has 0 saturated carbocycles. The third-order valence-corrected chi connectivity index (χ3v) is 3.29. The summed E-state index contributed by atoms with van der Waals surface area (Å²) in [5.74, 6) is -0.482. The van der Waals surface area contributed by atoms with Crippen molar-refractivity contribution in [3.05, 3.63) is 65.5 Å². The van der Waals surface area contributed by atoms with Gasteiger partial charge in [0.2, 0.25) is 5.91 Å². The Labute approximate surface area is 119 Å². The standard InChI is InChI=1S/C15H13BrFNO/c16-10-11-4-6-14(7-5-11)18-15(19)9-12-2-1-3-13(17)8-12/h1-8H,9-10H2,(H,18,19). The Morgan fingerprint density at radius 3 is 2.47 bits per heavy atom. The van der Waals surface area contributed by atoms with Crippen LogP contribution in [0.4, 0.5) is 10.1 Å². The first-order valence-electron chi connectivity index (χ1n) is 5.86. The largest absolute Gasteiger partial charge is 0.326 e. The fourth-order valence-corrected chi connectivity index (χ4v) is 2.09. The van der Waals surface area contributed by atoms with Gasteiger partial charge in [-0.15, -0.1) is 0 Å². The predicted molar refractivity (Wildman–Crippen MR) is 77.8 cm³/mol. The number of rotatable bonds is 4. The summed E-state index contributed by atoms with van der Waals surface area (Å²) in [5, 5.41) is 3.57. The fraction of sp³-hybridized carbons (Fsp3) is 0.133. The van der Waals surface area contributed by atoms with Crippen molar-refractivity contribution < 1.29 is 9.18 Å². The minimum absolute atomic E-state index is 0.155. The van der Waals surface area contributed by atoms with E-state index in [-0.39, 0.29) is 18.1 Å². The second-order valence-electron chi connectivity index (χ2n) is 4.19. The van der Waals surface area contributed by atoms with E-state index in [0.29, 0.717) is 5.56 Å². The molecular formula is C15H13BrFNO. The molecule has 2 aromatic rings. The van der Waals surface area contributed by atoms with Gasteiger partial charge in [-0.3, -0.25) is 4.79 Å². The van der Waals surface area contributed by atoms with Crippen molar-refractivity contribution in [3.8, 4) is 0 Å². The van der Waals surface area contributed by atoms with Crippen molar-refractivity contribution in [1.82, 2.24) is 0 Å². The summed E-state index contributed by atoms with van der Waals surface area (Å²) in [7, 11) is 0. The molecule has 1 amide bonds.